The van der Waals surface area contributed by atoms with Crippen LogP contribution < -0.4 is 0 Å². The third kappa shape index (κ3) is 1.88. The Balaban J connectivity index is 2.09. The quantitative estimate of drug-likeness (QED) is 0.720. The zero-order valence-electron chi connectivity index (χ0n) is 10.3. The van der Waals surface area contributed by atoms with E-state index in [1.807, 2.05) is 12.1 Å². The van der Waals surface area contributed by atoms with E-state index in [-0.39, 0.29) is 0 Å². The third-order valence-electron chi connectivity index (χ3n) is 3.26. The Morgan fingerprint density at radius 3 is 2.67 bits per heavy atom. The second kappa shape index (κ2) is 4.50. The summed E-state index contributed by atoms with van der Waals surface area (Å²) in [7, 11) is 0. The molecular weight excluding hydrogens is 260 g/mol. The zero-order chi connectivity index (χ0) is 12.7. The van der Waals surface area contributed by atoms with Gasteiger partial charge in [-0.05, 0) is 42.3 Å². The molecule has 1 aromatic carbocycles. The van der Waals surface area contributed by atoms with E-state index in [1.54, 1.807) is 22.7 Å². The molecule has 0 spiro atoms. The van der Waals surface area contributed by atoms with Gasteiger partial charge < -0.3 is 5.11 Å². The number of hydrogen-bond donors (Lipinski definition) is 1. The molecule has 2 heterocycles. The van der Waals surface area contributed by atoms with Crippen LogP contribution in [0.1, 0.15) is 27.0 Å². The van der Waals surface area contributed by atoms with Gasteiger partial charge in [0.2, 0.25) is 0 Å². The minimum absolute atomic E-state index is 0.501. The van der Waals surface area contributed by atoms with Crippen LogP contribution in [0.2, 0.25) is 0 Å². The third-order valence-corrected chi connectivity index (χ3v) is 5.45. The SMILES string of the molecule is Cc1cc(C(O)c2csc3ccccc23)sc1C. The first kappa shape index (κ1) is 11.9. The second-order valence-corrected chi connectivity index (χ2v) is 6.68. The highest BCUT2D eigenvalue weighted by Gasteiger charge is 2.17. The molecule has 1 nitrogen and oxygen atoms in total. The number of aryl methyl sites for hydroxylation is 2. The highest BCUT2D eigenvalue weighted by Crippen LogP contribution is 2.36. The van der Waals surface area contributed by atoms with Crippen LogP contribution >= 0.6 is 22.7 Å². The van der Waals surface area contributed by atoms with E-state index >= 15 is 0 Å². The van der Waals surface area contributed by atoms with Crippen molar-refractivity contribution in [3.05, 3.63) is 56.6 Å². The van der Waals surface area contributed by atoms with Gasteiger partial charge in [-0.3, -0.25) is 0 Å². The maximum Gasteiger partial charge on any atom is 0.115 e. The summed E-state index contributed by atoms with van der Waals surface area (Å²) in [5, 5.41) is 13.8. The minimum atomic E-state index is -0.501. The fourth-order valence-corrected chi connectivity index (χ4v) is 4.13. The number of thiophene rings is 2. The van der Waals surface area contributed by atoms with Crippen molar-refractivity contribution in [1.29, 1.82) is 0 Å². The molecule has 1 N–H and O–H groups in total. The summed E-state index contributed by atoms with van der Waals surface area (Å²) in [6.07, 6.45) is -0.501. The molecular formula is C15H14OS2. The molecule has 3 aromatic rings. The normalized spacial score (nSPS) is 13.1. The predicted octanol–water partition coefficient (Wildman–Crippen LogP) is 4.66. The fraction of sp³-hybridized carbons (Fsp3) is 0.200. The van der Waals surface area contributed by atoms with Crippen molar-refractivity contribution >= 4 is 32.8 Å². The van der Waals surface area contributed by atoms with E-state index in [2.05, 4.69) is 37.4 Å². The summed E-state index contributed by atoms with van der Waals surface area (Å²) in [4.78, 5) is 2.32. The lowest BCUT2D eigenvalue weighted by atomic mass is 10.1. The zero-order valence-corrected chi connectivity index (χ0v) is 11.9. The maximum absolute atomic E-state index is 10.5. The maximum atomic E-state index is 10.5. The highest BCUT2D eigenvalue weighted by molar-refractivity contribution is 7.17. The van der Waals surface area contributed by atoms with Crippen molar-refractivity contribution in [2.45, 2.75) is 20.0 Å². The number of fused-ring (bicyclic) bond motifs is 1. The van der Waals surface area contributed by atoms with Crippen LogP contribution in [0.25, 0.3) is 10.1 Å². The molecule has 0 amide bonds. The molecule has 0 saturated carbocycles. The van der Waals surface area contributed by atoms with Gasteiger partial charge in [-0.1, -0.05) is 18.2 Å². The lowest BCUT2D eigenvalue weighted by Crippen LogP contribution is -1.95. The van der Waals surface area contributed by atoms with E-state index in [4.69, 9.17) is 0 Å². The summed E-state index contributed by atoms with van der Waals surface area (Å²) in [5.41, 5.74) is 2.28. The lowest BCUT2D eigenvalue weighted by Gasteiger charge is -2.07. The van der Waals surface area contributed by atoms with Gasteiger partial charge in [0.1, 0.15) is 6.10 Å². The summed E-state index contributed by atoms with van der Waals surface area (Å²) < 4.78 is 1.23. The van der Waals surface area contributed by atoms with E-state index in [0.29, 0.717) is 0 Å². The number of aliphatic hydroxyl groups excluding tert-OH is 1. The number of aliphatic hydroxyl groups is 1. The van der Waals surface area contributed by atoms with Crippen LogP contribution in [0.5, 0.6) is 0 Å². The average Bonchev–Trinajstić information content (AvgIpc) is 2.93. The first-order valence-corrected chi connectivity index (χ1v) is 7.57. The largest absolute Gasteiger partial charge is 0.383 e. The molecule has 92 valence electrons. The van der Waals surface area contributed by atoms with Crippen LogP contribution in [-0.4, -0.2) is 5.11 Å². The van der Waals surface area contributed by atoms with Gasteiger partial charge in [0.15, 0.2) is 0 Å². The van der Waals surface area contributed by atoms with E-state index in [9.17, 15) is 5.11 Å². The smallest absolute Gasteiger partial charge is 0.115 e. The van der Waals surface area contributed by atoms with Gasteiger partial charge in [-0.25, -0.2) is 0 Å². The van der Waals surface area contributed by atoms with Crippen LogP contribution in [0.15, 0.2) is 35.7 Å². The Morgan fingerprint density at radius 2 is 1.94 bits per heavy atom. The molecule has 0 bridgehead atoms. The average molecular weight is 274 g/mol. The molecule has 2 aromatic heterocycles. The van der Waals surface area contributed by atoms with Crippen molar-refractivity contribution in [3.8, 4) is 0 Å². The van der Waals surface area contributed by atoms with Gasteiger partial charge in [0.05, 0.1) is 0 Å². The van der Waals surface area contributed by atoms with Gasteiger partial charge >= 0.3 is 0 Å². The summed E-state index contributed by atoms with van der Waals surface area (Å²) >= 11 is 3.38. The van der Waals surface area contributed by atoms with Crippen molar-refractivity contribution in [2.75, 3.05) is 0 Å². The van der Waals surface area contributed by atoms with Gasteiger partial charge in [-0.15, -0.1) is 22.7 Å². The molecule has 1 unspecified atom stereocenters. The Labute approximate surface area is 114 Å². The monoisotopic (exact) mass is 274 g/mol. The Morgan fingerprint density at radius 1 is 1.17 bits per heavy atom. The Kier molecular flexibility index (Phi) is 2.98. The van der Waals surface area contributed by atoms with Crippen molar-refractivity contribution in [3.63, 3.8) is 0 Å². The van der Waals surface area contributed by atoms with E-state index < -0.39 is 6.10 Å². The van der Waals surface area contributed by atoms with Crippen LogP contribution in [-0.2, 0) is 0 Å². The summed E-state index contributed by atoms with van der Waals surface area (Å²) in [6, 6.07) is 10.3. The topological polar surface area (TPSA) is 20.2 Å². The first-order valence-electron chi connectivity index (χ1n) is 5.88. The van der Waals surface area contributed by atoms with E-state index in [0.717, 1.165) is 10.4 Å². The number of benzene rings is 1. The van der Waals surface area contributed by atoms with Gasteiger partial charge in [0.25, 0.3) is 0 Å². The molecule has 0 saturated heterocycles. The molecule has 0 radical (unpaired) electrons. The van der Waals surface area contributed by atoms with Crippen LogP contribution in [0, 0.1) is 13.8 Å². The van der Waals surface area contributed by atoms with Crippen molar-refractivity contribution in [2.24, 2.45) is 0 Å². The van der Waals surface area contributed by atoms with Crippen molar-refractivity contribution in [1.82, 2.24) is 0 Å². The molecule has 0 aliphatic rings. The van der Waals surface area contributed by atoms with E-state index in [1.165, 1.54) is 20.5 Å². The fourth-order valence-electron chi connectivity index (χ4n) is 2.10. The van der Waals surface area contributed by atoms with Gasteiger partial charge in [0, 0.05) is 20.0 Å². The van der Waals surface area contributed by atoms with Gasteiger partial charge in [-0.2, -0.15) is 0 Å². The molecule has 3 rings (SSSR count). The molecule has 0 aliphatic heterocycles. The number of rotatable bonds is 2. The molecule has 0 fully saturated rings. The van der Waals surface area contributed by atoms with Crippen LogP contribution in [0.3, 0.4) is 0 Å². The first-order chi connectivity index (χ1) is 8.66. The number of hydrogen-bond acceptors (Lipinski definition) is 3. The molecule has 1 atom stereocenters. The Hall–Kier alpha value is -1.16. The molecule has 18 heavy (non-hydrogen) atoms. The highest BCUT2D eigenvalue weighted by atomic mass is 32.1. The van der Waals surface area contributed by atoms with Crippen molar-refractivity contribution < 1.29 is 5.11 Å². The second-order valence-electron chi connectivity index (χ2n) is 4.48. The standard InChI is InChI=1S/C15H14OS2/c1-9-7-14(18-10(9)2)15(16)12-8-17-13-6-4-3-5-11(12)13/h3-8,15-16H,1-2H3. The predicted molar refractivity (Wildman–Crippen MR) is 79.7 cm³/mol. The Bertz CT molecular complexity index is 674. The molecule has 3 heteroatoms. The summed E-state index contributed by atoms with van der Waals surface area (Å²) in [6.45, 7) is 4.19. The minimum Gasteiger partial charge on any atom is -0.383 e. The lowest BCUT2D eigenvalue weighted by molar-refractivity contribution is 0.226. The summed E-state index contributed by atoms with van der Waals surface area (Å²) in [5.74, 6) is 0. The molecule has 0 aliphatic carbocycles. The van der Waals surface area contributed by atoms with Crippen LogP contribution in [0.4, 0.5) is 0 Å².